The third-order valence-corrected chi connectivity index (χ3v) is 7.24. The van der Waals surface area contributed by atoms with Gasteiger partial charge in [-0.15, -0.1) is 5.10 Å². The van der Waals surface area contributed by atoms with Gasteiger partial charge in [-0.25, -0.2) is 4.90 Å². The van der Waals surface area contributed by atoms with E-state index in [1.165, 1.54) is 9.58 Å². The molecule has 4 aromatic rings. The van der Waals surface area contributed by atoms with Crippen molar-refractivity contribution in [2.75, 3.05) is 9.80 Å². The van der Waals surface area contributed by atoms with E-state index >= 15 is 0 Å². The van der Waals surface area contributed by atoms with Crippen molar-refractivity contribution in [2.24, 2.45) is 11.8 Å². The molecule has 8 heteroatoms. The maximum absolute atomic E-state index is 14.1. The zero-order valence-corrected chi connectivity index (χ0v) is 18.4. The van der Waals surface area contributed by atoms with Crippen LogP contribution in [0.25, 0.3) is 17.1 Å². The molecule has 3 aromatic carbocycles. The Labute approximate surface area is 200 Å². The normalized spacial score (nSPS) is 24.6. The van der Waals surface area contributed by atoms with Gasteiger partial charge in [0.1, 0.15) is 11.6 Å². The second-order valence-electron chi connectivity index (χ2n) is 8.99. The molecule has 3 aliphatic heterocycles. The van der Waals surface area contributed by atoms with Gasteiger partial charge in [-0.05, 0) is 35.9 Å². The van der Waals surface area contributed by atoms with Gasteiger partial charge in [0.2, 0.25) is 11.8 Å². The highest BCUT2D eigenvalue weighted by Gasteiger charge is 2.64. The fourth-order valence-corrected chi connectivity index (χ4v) is 5.79. The maximum Gasteiger partial charge on any atom is 0.272 e. The van der Waals surface area contributed by atoms with E-state index in [4.69, 9.17) is 0 Å². The van der Waals surface area contributed by atoms with Gasteiger partial charge in [-0.1, -0.05) is 65.9 Å². The summed E-state index contributed by atoms with van der Waals surface area (Å²) in [6.45, 7) is 0. The number of hydrogen-bond acceptors (Lipinski definition) is 6. The number of nitrogens with zero attached hydrogens (tertiary/aromatic N) is 5. The first-order valence-corrected chi connectivity index (χ1v) is 11.5. The van der Waals surface area contributed by atoms with Crippen molar-refractivity contribution in [2.45, 2.75) is 12.1 Å². The smallest absolute Gasteiger partial charge is 0.272 e. The van der Waals surface area contributed by atoms with Crippen molar-refractivity contribution in [3.05, 3.63) is 90.5 Å². The van der Waals surface area contributed by atoms with Crippen LogP contribution in [-0.2, 0) is 9.59 Å². The number of benzene rings is 3. The summed E-state index contributed by atoms with van der Waals surface area (Å²) in [5.41, 5.74) is 3.43. The molecule has 0 aliphatic carbocycles. The van der Waals surface area contributed by atoms with Crippen LogP contribution in [-0.4, -0.2) is 44.8 Å². The molecule has 2 fully saturated rings. The molecule has 7 rings (SSSR count). The molecular weight excluding hydrogens is 442 g/mol. The second-order valence-corrected chi connectivity index (χ2v) is 8.99. The Morgan fingerprint density at radius 2 is 1.51 bits per heavy atom. The predicted molar refractivity (Wildman–Crippen MR) is 130 cm³/mol. The van der Waals surface area contributed by atoms with E-state index in [0.717, 1.165) is 11.3 Å². The summed E-state index contributed by atoms with van der Waals surface area (Å²) < 4.78 is 1.27. The number of fused-ring (bicyclic) bond motifs is 6. The molecule has 35 heavy (non-hydrogen) atoms. The van der Waals surface area contributed by atoms with Crippen LogP contribution in [0.15, 0.2) is 84.9 Å². The van der Waals surface area contributed by atoms with Gasteiger partial charge in [0, 0.05) is 5.69 Å². The molecule has 170 valence electrons. The highest BCUT2D eigenvalue weighted by Crippen LogP contribution is 2.49. The van der Waals surface area contributed by atoms with Crippen LogP contribution in [0.5, 0.6) is 0 Å². The third-order valence-electron chi connectivity index (χ3n) is 7.24. The summed E-state index contributed by atoms with van der Waals surface area (Å²) in [6.07, 6.45) is 3.90. The topological polar surface area (TPSA) is 88.4 Å². The molecule has 2 amide bonds. The molecule has 4 unspecified atom stereocenters. The molecule has 0 radical (unpaired) electrons. The molecule has 2 saturated heterocycles. The first kappa shape index (κ1) is 19.8. The number of imide groups is 1. The summed E-state index contributed by atoms with van der Waals surface area (Å²) in [7, 11) is 0. The minimum Gasteiger partial charge on any atom is -0.351 e. The van der Waals surface area contributed by atoms with E-state index in [0.29, 0.717) is 16.7 Å². The monoisotopic (exact) mass is 461 g/mol. The first-order chi connectivity index (χ1) is 17.1. The molecule has 1 aromatic heterocycles. The highest BCUT2D eigenvalue weighted by atomic mass is 16.2. The minimum absolute atomic E-state index is 0.288. The summed E-state index contributed by atoms with van der Waals surface area (Å²) >= 11 is 0. The molecule has 4 heterocycles. The van der Waals surface area contributed by atoms with E-state index in [-0.39, 0.29) is 17.7 Å². The largest absolute Gasteiger partial charge is 0.351 e. The molecule has 8 nitrogen and oxygen atoms in total. The Hall–Kier alpha value is -4.59. The van der Waals surface area contributed by atoms with Gasteiger partial charge in [0.25, 0.3) is 5.91 Å². The Morgan fingerprint density at radius 3 is 2.37 bits per heavy atom. The lowest BCUT2D eigenvalue weighted by atomic mass is 9.88. The standard InChI is InChI=1S/C27H19N5O3/c33-25-22-21-15-14-16-8-4-6-12-19(16)31(21)24(23(22)26(34)30(25)17-9-2-1-3-10-17)27(35)32-20-13-7-5-11-18(20)28-29-32/h1-15,21-24H. The number of amides is 2. The van der Waals surface area contributed by atoms with Crippen LogP contribution >= 0.6 is 0 Å². The number of aromatic nitrogens is 3. The summed E-state index contributed by atoms with van der Waals surface area (Å²) in [6, 6.07) is 22.5. The number of hydrogen-bond donors (Lipinski definition) is 0. The van der Waals surface area contributed by atoms with Gasteiger partial charge < -0.3 is 4.90 Å². The van der Waals surface area contributed by atoms with Crippen LogP contribution < -0.4 is 9.80 Å². The van der Waals surface area contributed by atoms with Crippen LogP contribution in [0, 0.1) is 11.8 Å². The fourth-order valence-electron chi connectivity index (χ4n) is 5.79. The molecule has 0 N–H and O–H groups in total. The highest BCUT2D eigenvalue weighted by molar-refractivity contribution is 6.25. The van der Waals surface area contributed by atoms with Gasteiger partial charge in [0.05, 0.1) is 29.1 Å². The van der Waals surface area contributed by atoms with E-state index in [1.54, 1.807) is 36.4 Å². The second kappa shape index (κ2) is 7.20. The van der Waals surface area contributed by atoms with Crippen molar-refractivity contribution in [1.29, 1.82) is 0 Å². The van der Waals surface area contributed by atoms with Crippen LogP contribution in [0.4, 0.5) is 11.4 Å². The minimum atomic E-state index is -0.911. The Morgan fingerprint density at radius 1 is 0.800 bits per heavy atom. The van der Waals surface area contributed by atoms with E-state index < -0.39 is 23.9 Å². The van der Waals surface area contributed by atoms with Crippen molar-refractivity contribution in [1.82, 2.24) is 15.0 Å². The van der Waals surface area contributed by atoms with Crippen molar-refractivity contribution >= 4 is 46.2 Å². The first-order valence-electron chi connectivity index (χ1n) is 11.5. The number of para-hydroxylation sites is 3. The SMILES string of the molecule is O=C1C2C(C(=O)N1c1ccccc1)C(C(=O)n1nnc3ccccc31)N1c3ccccc3C=CC21. The third kappa shape index (κ3) is 2.64. The average Bonchev–Trinajstić information content (AvgIpc) is 3.55. The Kier molecular flexibility index (Phi) is 4.08. The number of anilines is 2. The van der Waals surface area contributed by atoms with Gasteiger partial charge in [-0.2, -0.15) is 4.68 Å². The van der Waals surface area contributed by atoms with Gasteiger partial charge in [0.15, 0.2) is 0 Å². The van der Waals surface area contributed by atoms with E-state index in [2.05, 4.69) is 10.3 Å². The van der Waals surface area contributed by atoms with Crippen LogP contribution in [0.2, 0.25) is 0 Å². The summed E-state index contributed by atoms with van der Waals surface area (Å²) in [5.74, 6) is -2.56. The van der Waals surface area contributed by atoms with E-state index in [9.17, 15) is 14.4 Å². The number of rotatable bonds is 2. The maximum atomic E-state index is 14.1. The van der Waals surface area contributed by atoms with Crippen molar-refractivity contribution < 1.29 is 14.4 Å². The predicted octanol–water partition coefficient (Wildman–Crippen LogP) is 3.16. The summed E-state index contributed by atoms with van der Waals surface area (Å²) in [5, 5.41) is 8.27. The van der Waals surface area contributed by atoms with E-state index in [1.807, 2.05) is 59.5 Å². The van der Waals surface area contributed by atoms with Gasteiger partial charge >= 0.3 is 0 Å². The van der Waals surface area contributed by atoms with Crippen LogP contribution in [0.3, 0.4) is 0 Å². The zero-order valence-electron chi connectivity index (χ0n) is 18.4. The molecule has 0 bridgehead atoms. The Balaban J connectivity index is 1.41. The van der Waals surface area contributed by atoms with Crippen molar-refractivity contribution in [3.63, 3.8) is 0 Å². The summed E-state index contributed by atoms with van der Waals surface area (Å²) in [4.78, 5) is 44.9. The lowest BCUT2D eigenvalue weighted by molar-refractivity contribution is -0.122. The van der Waals surface area contributed by atoms with Crippen molar-refractivity contribution in [3.8, 4) is 0 Å². The fraction of sp³-hybridized carbons (Fsp3) is 0.148. The molecule has 0 saturated carbocycles. The zero-order chi connectivity index (χ0) is 23.7. The lowest BCUT2D eigenvalue weighted by Crippen LogP contribution is -2.50. The van der Waals surface area contributed by atoms with Crippen LogP contribution in [0.1, 0.15) is 10.4 Å². The average molecular weight is 461 g/mol. The Bertz CT molecular complexity index is 1560. The number of carbonyl (C=O) groups is 3. The number of carbonyl (C=O) groups excluding carboxylic acids is 3. The lowest BCUT2D eigenvalue weighted by Gasteiger charge is -2.36. The quantitative estimate of drug-likeness (QED) is 0.426. The molecule has 0 spiro atoms. The molecule has 3 aliphatic rings. The molecular formula is C27H19N5O3. The van der Waals surface area contributed by atoms with Gasteiger partial charge in [-0.3, -0.25) is 14.4 Å². The molecule has 4 atom stereocenters.